The predicted octanol–water partition coefficient (Wildman–Crippen LogP) is 4.08. The zero-order chi connectivity index (χ0) is 19.0. The van der Waals surface area contributed by atoms with Gasteiger partial charge in [-0.05, 0) is 49.8 Å². The molecule has 0 saturated heterocycles. The first-order valence-electron chi connectivity index (χ1n) is 8.41. The number of methoxy groups -OCH3 is 1. The van der Waals surface area contributed by atoms with Crippen LogP contribution in [0.25, 0.3) is 6.08 Å². The molecule has 0 aliphatic heterocycles. The van der Waals surface area contributed by atoms with Crippen LogP contribution < -0.4 is 14.2 Å². The van der Waals surface area contributed by atoms with Crippen LogP contribution in [0.5, 0.6) is 17.2 Å². The van der Waals surface area contributed by atoms with Crippen LogP contribution >= 0.6 is 0 Å². The molecule has 0 fully saturated rings. The largest absolute Gasteiger partial charge is 0.497 e. The number of sulfone groups is 1. The molecule has 0 spiro atoms. The standard InChI is InChI=1S/C20H24O5S/c1-4-24-19-7-6-8-20(25-5-2)18(19)13-14-26(21,22)15-16-9-11-17(23-3)12-10-16/h6-14H,4-5,15H2,1-3H3/b14-13+. The SMILES string of the molecule is CCOc1cccc(OCC)c1/C=C/S(=O)(=O)Cc1ccc(OC)cc1. The number of hydrogen-bond donors (Lipinski definition) is 0. The van der Waals surface area contributed by atoms with E-state index in [1.54, 1.807) is 43.5 Å². The van der Waals surface area contributed by atoms with E-state index in [2.05, 4.69) is 0 Å². The molecule has 0 amide bonds. The lowest BCUT2D eigenvalue weighted by atomic mass is 10.2. The summed E-state index contributed by atoms with van der Waals surface area (Å²) in [5.74, 6) is 1.78. The minimum atomic E-state index is -3.45. The summed E-state index contributed by atoms with van der Waals surface area (Å²) >= 11 is 0. The van der Waals surface area contributed by atoms with Gasteiger partial charge in [0.15, 0.2) is 9.84 Å². The van der Waals surface area contributed by atoms with Crippen molar-refractivity contribution in [3.8, 4) is 17.2 Å². The highest BCUT2D eigenvalue weighted by Gasteiger charge is 2.12. The fraction of sp³-hybridized carbons (Fsp3) is 0.300. The Balaban J connectivity index is 2.25. The second-order valence-corrected chi connectivity index (χ2v) is 7.38. The molecule has 5 nitrogen and oxygen atoms in total. The second kappa shape index (κ2) is 9.29. The summed E-state index contributed by atoms with van der Waals surface area (Å²) in [4.78, 5) is 0. The summed E-state index contributed by atoms with van der Waals surface area (Å²) < 4.78 is 41.2. The van der Waals surface area contributed by atoms with Crippen LogP contribution in [0.2, 0.25) is 0 Å². The van der Waals surface area contributed by atoms with E-state index in [1.165, 1.54) is 11.5 Å². The van der Waals surface area contributed by atoms with Crippen LogP contribution in [-0.4, -0.2) is 28.7 Å². The average molecular weight is 376 g/mol. The van der Waals surface area contributed by atoms with E-state index >= 15 is 0 Å². The number of ether oxygens (including phenoxy) is 3. The molecule has 140 valence electrons. The monoisotopic (exact) mass is 376 g/mol. The Kier molecular flexibility index (Phi) is 7.09. The summed E-state index contributed by atoms with van der Waals surface area (Å²) in [6.45, 7) is 4.71. The molecule has 2 aromatic carbocycles. The van der Waals surface area contributed by atoms with Gasteiger partial charge in [-0.3, -0.25) is 0 Å². The molecule has 0 aliphatic carbocycles. The highest BCUT2D eigenvalue weighted by atomic mass is 32.2. The Morgan fingerprint density at radius 3 is 2.00 bits per heavy atom. The van der Waals surface area contributed by atoms with Crippen molar-refractivity contribution < 1.29 is 22.6 Å². The third-order valence-electron chi connectivity index (χ3n) is 3.59. The maximum absolute atomic E-state index is 12.5. The average Bonchev–Trinajstić information content (AvgIpc) is 2.62. The van der Waals surface area contributed by atoms with Gasteiger partial charge in [-0.1, -0.05) is 18.2 Å². The molecule has 0 atom stereocenters. The predicted molar refractivity (Wildman–Crippen MR) is 103 cm³/mol. The molecule has 0 saturated carbocycles. The van der Waals surface area contributed by atoms with Crippen LogP contribution in [0.15, 0.2) is 47.9 Å². The summed E-state index contributed by atoms with van der Waals surface area (Å²) in [5.41, 5.74) is 1.31. The van der Waals surface area contributed by atoms with Gasteiger partial charge in [0.25, 0.3) is 0 Å². The van der Waals surface area contributed by atoms with Gasteiger partial charge in [0.2, 0.25) is 0 Å². The Labute approximate surface area is 155 Å². The topological polar surface area (TPSA) is 61.8 Å². The molecular formula is C20H24O5S. The molecule has 2 rings (SSSR count). The maximum atomic E-state index is 12.5. The molecule has 6 heteroatoms. The molecule has 26 heavy (non-hydrogen) atoms. The van der Waals surface area contributed by atoms with E-state index in [0.717, 1.165) is 0 Å². The van der Waals surface area contributed by atoms with Crippen molar-refractivity contribution in [1.82, 2.24) is 0 Å². The van der Waals surface area contributed by atoms with Gasteiger partial charge in [-0.2, -0.15) is 0 Å². The van der Waals surface area contributed by atoms with Crippen molar-refractivity contribution in [2.24, 2.45) is 0 Å². The zero-order valence-corrected chi connectivity index (χ0v) is 16.1. The molecule has 0 aliphatic rings. The van der Waals surface area contributed by atoms with Crippen LogP contribution in [0.4, 0.5) is 0 Å². The summed E-state index contributed by atoms with van der Waals surface area (Å²) in [5, 5.41) is 1.21. The Hall–Kier alpha value is -2.47. The Morgan fingerprint density at radius 2 is 1.50 bits per heavy atom. The smallest absolute Gasteiger partial charge is 0.175 e. The van der Waals surface area contributed by atoms with Gasteiger partial charge in [0.05, 0.1) is 31.6 Å². The summed E-state index contributed by atoms with van der Waals surface area (Å²) in [7, 11) is -1.88. The van der Waals surface area contributed by atoms with Gasteiger partial charge in [0, 0.05) is 5.41 Å². The quantitative estimate of drug-likeness (QED) is 0.660. The van der Waals surface area contributed by atoms with Crippen LogP contribution in [0, 0.1) is 0 Å². The maximum Gasteiger partial charge on any atom is 0.175 e. The normalized spacial score (nSPS) is 11.5. The van der Waals surface area contributed by atoms with Gasteiger partial charge in [0.1, 0.15) is 17.2 Å². The van der Waals surface area contributed by atoms with E-state index < -0.39 is 9.84 Å². The lowest BCUT2D eigenvalue weighted by Crippen LogP contribution is -2.01. The number of benzene rings is 2. The lowest BCUT2D eigenvalue weighted by Gasteiger charge is -2.12. The summed E-state index contributed by atoms with van der Waals surface area (Å²) in [6, 6.07) is 12.4. The molecule has 0 aromatic heterocycles. The first-order chi connectivity index (χ1) is 12.5. The Morgan fingerprint density at radius 1 is 0.923 bits per heavy atom. The molecular weight excluding hydrogens is 352 g/mol. The van der Waals surface area contributed by atoms with Crippen molar-refractivity contribution >= 4 is 15.9 Å². The van der Waals surface area contributed by atoms with Crippen molar-refractivity contribution in [2.45, 2.75) is 19.6 Å². The van der Waals surface area contributed by atoms with Crippen molar-refractivity contribution in [1.29, 1.82) is 0 Å². The molecule has 2 aromatic rings. The Bertz CT molecular complexity index is 815. The first-order valence-corrected chi connectivity index (χ1v) is 10.1. The van der Waals surface area contributed by atoms with Crippen LogP contribution in [-0.2, 0) is 15.6 Å². The number of rotatable bonds is 9. The van der Waals surface area contributed by atoms with Gasteiger partial charge >= 0.3 is 0 Å². The van der Waals surface area contributed by atoms with E-state index in [-0.39, 0.29) is 5.75 Å². The highest BCUT2D eigenvalue weighted by Crippen LogP contribution is 2.30. The van der Waals surface area contributed by atoms with E-state index in [4.69, 9.17) is 14.2 Å². The van der Waals surface area contributed by atoms with Crippen molar-refractivity contribution in [2.75, 3.05) is 20.3 Å². The fourth-order valence-electron chi connectivity index (χ4n) is 2.42. The molecule has 0 radical (unpaired) electrons. The van der Waals surface area contributed by atoms with Crippen molar-refractivity contribution in [3.05, 3.63) is 59.0 Å². The van der Waals surface area contributed by atoms with Crippen molar-refractivity contribution in [3.63, 3.8) is 0 Å². The summed E-state index contributed by atoms with van der Waals surface area (Å²) in [6.07, 6.45) is 1.54. The van der Waals surface area contributed by atoms with E-state index in [1.807, 2.05) is 19.9 Å². The highest BCUT2D eigenvalue weighted by molar-refractivity contribution is 7.93. The van der Waals surface area contributed by atoms with Gasteiger partial charge < -0.3 is 14.2 Å². The minimum Gasteiger partial charge on any atom is -0.497 e. The van der Waals surface area contributed by atoms with E-state index in [0.29, 0.717) is 41.6 Å². The lowest BCUT2D eigenvalue weighted by molar-refractivity contribution is 0.322. The first kappa shape index (κ1) is 19.8. The van der Waals surface area contributed by atoms with Gasteiger partial charge in [-0.25, -0.2) is 8.42 Å². The molecule has 0 unspecified atom stereocenters. The molecule has 0 heterocycles. The number of hydrogen-bond acceptors (Lipinski definition) is 5. The molecule has 0 bridgehead atoms. The van der Waals surface area contributed by atoms with Crippen LogP contribution in [0.1, 0.15) is 25.0 Å². The van der Waals surface area contributed by atoms with Gasteiger partial charge in [-0.15, -0.1) is 0 Å². The molecule has 0 N–H and O–H groups in total. The second-order valence-electron chi connectivity index (χ2n) is 5.49. The zero-order valence-electron chi connectivity index (χ0n) is 15.3. The fourth-order valence-corrected chi connectivity index (χ4v) is 3.52. The minimum absolute atomic E-state index is 0.0890. The van der Waals surface area contributed by atoms with E-state index in [9.17, 15) is 8.42 Å². The van der Waals surface area contributed by atoms with Crippen LogP contribution in [0.3, 0.4) is 0 Å². The third-order valence-corrected chi connectivity index (χ3v) is 4.88. The third kappa shape index (κ3) is 5.52.